The summed E-state index contributed by atoms with van der Waals surface area (Å²) in [5, 5.41) is 4.13. The maximum atomic E-state index is 5.06. The van der Waals surface area contributed by atoms with E-state index in [1.807, 2.05) is 38.6 Å². The van der Waals surface area contributed by atoms with E-state index in [9.17, 15) is 0 Å². The molecule has 0 saturated carbocycles. The molecule has 0 amide bonds. The van der Waals surface area contributed by atoms with Gasteiger partial charge in [0.25, 0.3) is 0 Å². The molecule has 2 aromatic rings. The summed E-state index contributed by atoms with van der Waals surface area (Å²) in [6.07, 6.45) is 5.61. The predicted octanol–water partition coefficient (Wildman–Crippen LogP) is 1.80. The van der Waals surface area contributed by atoms with Gasteiger partial charge >= 0.3 is 0 Å². The zero-order chi connectivity index (χ0) is 10.8. The van der Waals surface area contributed by atoms with E-state index in [1.54, 1.807) is 11.8 Å². The molecule has 15 heavy (non-hydrogen) atoms. The summed E-state index contributed by atoms with van der Waals surface area (Å²) >= 11 is 0. The first-order chi connectivity index (χ1) is 7.20. The number of hydrogen-bond acceptors (Lipinski definition) is 3. The van der Waals surface area contributed by atoms with Gasteiger partial charge < -0.3 is 4.74 Å². The lowest BCUT2D eigenvalue weighted by atomic mass is 10.1. The number of methoxy groups -OCH3 is 1. The molecule has 0 aliphatic rings. The Morgan fingerprint density at radius 3 is 2.67 bits per heavy atom. The number of rotatable bonds is 2. The van der Waals surface area contributed by atoms with Crippen molar-refractivity contribution in [1.29, 1.82) is 0 Å². The average molecular weight is 203 g/mol. The third-order valence-electron chi connectivity index (χ3n) is 2.31. The Morgan fingerprint density at radius 1 is 1.33 bits per heavy atom. The first-order valence-corrected chi connectivity index (χ1v) is 4.70. The first-order valence-electron chi connectivity index (χ1n) is 4.70. The second-order valence-corrected chi connectivity index (χ2v) is 3.44. The Morgan fingerprint density at radius 2 is 2.13 bits per heavy atom. The molecule has 0 saturated heterocycles. The van der Waals surface area contributed by atoms with Gasteiger partial charge in [-0.3, -0.25) is 4.68 Å². The van der Waals surface area contributed by atoms with E-state index in [-0.39, 0.29) is 0 Å². The van der Waals surface area contributed by atoms with Crippen LogP contribution in [0.2, 0.25) is 0 Å². The van der Waals surface area contributed by atoms with Crippen LogP contribution in [0.3, 0.4) is 0 Å². The van der Waals surface area contributed by atoms with Gasteiger partial charge in [0.05, 0.1) is 13.3 Å². The van der Waals surface area contributed by atoms with Gasteiger partial charge in [-0.25, -0.2) is 4.98 Å². The largest absolute Gasteiger partial charge is 0.481 e. The number of aryl methyl sites for hydroxylation is 2. The minimum absolute atomic E-state index is 0.639. The summed E-state index contributed by atoms with van der Waals surface area (Å²) in [5.74, 6) is 0.639. The van der Waals surface area contributed by atoms with E-state index in [2.05, 4.69) is 10.1 Å². The van der Waals surface area contributed by atoms with Gasteiger partial charge in [0.2, 0.25) is 5.88 Å². The van der Waals surface area contributed by atoms with Gasteiger partial charge in [-0.15, -0.1) is 0 Å². The standard InChI is InChI=1S/C11H13N3O/c1-8-4-11(15-3)12-6-10(8)9-5-13-14(2)7-9/h4-7H,1-3H3. The fraction of sp³-hybridized carbons (Fsp3) is 0.273. The molecular formula is C11H13N3O. The van der Waals surface area contributed by atoms with Crippen LogP contribution in [0.25, 0.3) is 11.1 Å². The van der Waals surface area contributed by atoms with Crippen LogP contribution in [0, 0.1) is 6.92 Å². The van der Waals surface area contributed by atoms with Crippen molar-refractivity contribution in [2.75, 3.05) is 7.11 Å². The van der Waals surface area contributed by atoms with Crippen LogP contribution < -0.4 is 4.74 Å². The first kappa shape index (κ1) is 9.71. The minimum Gasteiger partial charge on any atom is -0.481 e. The zero-order valence-corrected chi connectivity index (χ0v) is 9.06. The highest BCUT2D eigenvalue weighted by Gasteiger charge is 2.05. The van der Waals surface area contributed by atoms with E-state index < -0.39 is 0 Å². The highest BCUT2D eigenvalue weighted by molar-refractivity contribution is 5.65. The third kappa shape index (κ3) is 1.83. The Kier molecular flexibility index (Phi) is 2.41. The van der Waals surface area contributed by atoms with Crippen LogP contribution in [0.5, 0.6) is 5.88 Å². The summed E-state index contributed by atoms with van der Waals surface area (Å²) < 4.78 is 6.84. The SMILES string of the molecule is COc1cc(C)c(-c2cnn(C)c2)cn1. The normalized spacial score (nSPS) is 10.3. The number of pyridine rings is 1. The van der Waals surface area contributed by atoms with Gasteiger partial charge in [-0.05, 0) is 12.5 Å². The molecule has 0 atom stereocenters. The van der Waals surface area contributed by atoms with E-state index in [4.69, 9.17) is 4.74 Å². The van der Waals surface area contributed by atoms with Crippen LogP contribution in [0.1, 0.15) is 5.56 Å². The molecule has 0 unspecified atom stereocenters. The average Bonchev–Trinajstić information content (AvgIpc) is 2.64. The molecule has 4 heteroatoms. The summed E-state index contributed by atoms with van der Waals surface area (Å²) in [7, 11) is 3.52. The number of ether oxygens (including phenoxy) is 1. The van der Waals surface area contributed by atoms with Gasteiger partial charge in [0.15, 0.2) is 0 Å². The van der Waals surface area contributed by atoms with Crippen LogP contribution in [0.15, 0.2) is 24.7 Å². The topological polar surface area (TPSA) is 39.9 Å². The molecule has 2 rings (SSSR count). The number of hydrogen-bond donors (Lipinski definition) is 0. The van der Waals surface area contributed by atoms with Crippen molar-refractivity contribution in [1.82, 2.24) is 14.8 Å². The highest BCUT2D eigenvalue weighted by Crippen LogP contribution is 2.23. The molecule has 2 aromatic heterocycles. The molecule has 2 heterocycles. The van der Waals surface area contributed by atoms with Gasteiger partial charge in [0.1, 0.15) is 0 Å². The highest BCUT2D eigenvalue weighted by atomic mass is 16.5. The van der Waals surface area contributed by atoms with Crippen LogP contribution >= 0.6 is 0 Å². The summed E-state index contributed by atoms with van der Waals surface area (Å²) in [6, 6.07) is 1.92. The van der Waals surface area contributed by atoms with Gasteiger partial charge in [-0.2, -0.15) is 5.10 Å². The Bertz CT molecular complexity index is 476. The molecule has 0 fully saturated rings. The van der Waals surface area contributed by atoms with E-state index in [0.29, 0.717) is 5.88 Å². The minimum atomic E-state index is 0.639. The second kappa shape index (κ2) is 3.73. The van der Waals surface area contributed by atoms with E-state index in [1.165, 1.54) is 0 Å². The van der Waals surface area contributed by atoms with Crippen molar-refractivity contribution in [3.63, 3.8) is 0 Å². The number of nitrogens with zero attached hydrogens (tertiary/aromatic N) is 3. The molecule has 78 valence electrons. The number of aromatic nitrogens is 3. The molecule has 0 N–H and O–H groups in total. The van der Waals surface area contributed by atoms with Crippen molar-refractivity contribution >= 4 is 0 Å². The van der Waals surface area contributed by atoms with Crippen molar-refractivity contribution in [2.45, 2.75) is 6.92 Å². The maximum Gasteiger partial charge on any atom is 0.213 e. The van der Waals surface area contributed by atoms with Crippen LogP contribution in [0.4, 0.5) is 0 Å². The molecule has 4 nitrogen and oxygen atoms in total. The molecule has 0 aliphatic carbocycles. The molecule has 0 spiro atoms. The Balaban J connectivity index is 2.45. The van der Waals surface area contributed by atoms with Crippen molar-refractivity contribution < 1.29 is 4.74 Å². The lowest BCUT2D eigenvalue weighted by molar-refractivity contribution is 0.397. The summed E-state index contributed by atoms with van der Waals surface area (Å²) in [6.45, 7) is 2.03. The fourth-order valence-corrected chi connectivity index (χ4v) is 1.50. The third-order valence-corrected chi connectivity index (χ3v) is 2.31. The second-order valence-electron chi connectivity index (χ2n) is 3.44. The lowest BCUT2D eigenvalue weighted by Gasteiger charge is -2.04. The van der Waals surface area contributed by atoms with Crippen molar-refractivity contribution in [2.24, 2.45) is 7.05 Å². The predicted molar refractivity (Wildman–Crippen MR) is 57.7 cm³/mol. The molecule has 0 radical (unpaired) electrons. The van der Waals surface area contributed by atoms with E-state index in [0.717, 1.165) is 16.7 Å². The zero-order valence-electron chi connectivity index (χ0n) is 9.06. The lowest BCUT2D eigenvalue weighted by Crippen LogP contribution is -1.90. The fourth-order valence-electron chi connectivity index (χ4n) is 1.50. The monoisotopic (exact) mass is 203 g/mol. The van der Waals surface area contributed by atoms with E-state index >= 15 is 0 Å². The quantitative estimate of drug-likeness (QED) is 0.747. The van der Waals surface area contributed by atoms with Crippen molar-refractivity contribution in [3.8, 4) is 17.0 Å². The molecular weight excluding hydrogens is 190 g/mol. The molecule has 0 aliphatic heterocycles. The Labute approximate surface area is 88.5 Å². The summed E-state index contributed by atoms with van der Waals surface area (Å²) in [4.78, 5) is 4.18. The van der Waals surface area contributed by atoms with Crippen LogP contribution in [-0.4, -0.2) is 21.9 Å². The maximum absolute atomic E-state index is 5.06. The molecule has 0 aromatic carbocycles. The smallest absolute Gasteiger partial charge is 0.213 e. The van der Waals surface area contributed by atoms with Crippen LogP contribution in [-0.2, 0) is 7.05 Å². The van der Waals surface area contributed by atoms with Gasteiger partial charge in [0, 0.05) is 36.6 Å². The summed E-state index contributed by atoms with van der Waals surface area (Å²) in [5.41, 5.74) is 3.30. The molecule has 0 bridgehead atoms. The Hall–Kier alpha value is -1.84. The van der Waals surface area contributed by atoms with Gasteiger partial charge in [-0.1, -0.05) is 0 Å². The van der Waals surface area contributed by atoms with Crippen molar-refractivity contribution in [3.05, 3.63) is 30.2 Å².